The summed E-state index contributed by atoms with van der Waals surface area (Å²) in [6, 6.07) is 6.15. The van der Waals surface area contributed by atoms with Gasteiger partial charge in [0.15, 0.2) is 11.5 Å². The molecular weight excluding hydrogens is 328 g/mol. The molecule has 1 aliphatic carbocycles. The van der Waals surface area contributed by atoms with Crippen LogP contribution in [0.2, 0.25) is 0 Å². The first kappa shape index (κ1) is 17.7. The first-order chi connectivity index (χ1) is 12.7. The molecule has 5 nitrogen and oxygen atoms in total. The predicted molar refractivity (Wildman–Crippen MR) is 102 cm³/mol. The summed E-state index contributed by atoms with van der Waals surface area (Å²) in [6.07, 6.45) is 8.08. The van der Waals surface area contributed by atoms with Crippen LogP contribution in [0.1, 0.15) is 57.4 Å². The van der Waals surface area contributed by atoms with Gasteiger partial charge < -0.3 is 19.2 Å². The van der Waals surface area contributed by atoms with Gasteiger partial charge in [-0.05, 0) is 50.4 Å². The Hall–Kier alpha value is -1.75. The van der Waals surface area contributed by atoms with E-state index >= 15 is 0 Å². The van der Waals surface area contributed by atoms with Crippen molar-refractivity contribution in [2.45, 2.75) is 63.6 Å². The summed E-state index contributed by atoms with van der Waals surface area (Å²) in [5.74, 6) is 1.63. The molecule has 26 heavy (non-hydrogen) atoms. The highest BCUT2D eigenvalue weighted by Crippen LogP contribution is 2.38. The Labute approximate surface area is 156 Å². The lowest BCUT2D eigenvalue weighted by molar-refractivity contribution is -0.0606. The third-order valence-corrected chi connectivity index (χ3v) is 6.15. The van der Waals surface area contributed by atoms with Gasteiger partial charge in [0.25, 0.3) is 0 Å². The fourth-order valence-electron chi connectivity index (χ4n) is 4.36. The maximum absolute atomic E-state index is 6.24. The van der Waals surface area contributed by atoms with Crippen molar-refractivity contribution in [2.75, 3.05) is 26.7 Å². The van der Waals surface area contributed by atoms with Gasteiger partial charge in [0, 0.05) is 37.9 Å². The quantitative estimate of drug-likeness (QED) is 0.798. The molecule has 0 unspecified atom stereocenters. The summed E-state index contributed by atoms with van der Waals surface area (Å²) in [4.78, 5) is 8.44. The molecule has 1 spiro atoms. The zero-order valence-corrected chi connectivity index (χ0v) is 16.0. The predicted octanol–water partition coefficient (Wildman–Crippen LogP) is 4.00. The molecule has 5 heteroatoms. The van der Waals surface area contributed by atoms with Crippen LogP contribution in [0.5, 0.6) is 11.5 Å². The average Bonchev–Trinajstić information content (AvgIpc) is 3.33. The van der Waals surface area contributed by atoms with E-state index in [4.69, 9.17) is 14.3 Å². The Balaban J connectivity index is 1.47. The molecule has 3 aliphatic rings. The number of hydrogen-bond acceptors (Lipinski definition) is 5. The van der Waals surface area contributed by atoms with Crippen molar-refractivity contribution in [1.82, 2.24) is 4.90 Å². The zero-order valence-electron chi connectivity index (χ0n) is 16.0. The van der Waals surface area contributed by atoms with E-state index in [-0.39, 0.29) is 5.60 Å². The molecule has 0 aromatic heterocycles. The van der Waals surface area contributed by atoms with Crippen LogP contribution in [0, 0.1) is 0 Å². The van der Waals surface area contributed by atoms with E-state index in [9.17, 15) is 0 Å². The van der Waals surface area contributed by atoms with Crippen molar-refractivity contribution in [3.63, 3.8) is 0 Å². The maximum atomic E-state index is 6.24. The third-order valence-electron chi connectivity index (χ3n) is 6.15. The van der Waals surface area contributed by atoms with Crippen molar-refractivity contribution >= 4 is 5.71 Å². The van der Waals surface area contributed by atoms with Crippen molar-refractivity contribution < 1.29 is 14.3 Å². The number of nitrogens with zero attached hydrogens (tertiary/aromatic N) is 2. The number of methoxy groups -OCH3 is 1. The SMILES string of the molecule is CCN1CCC2(CC1)CC(c1ccc(OC)c(OC3CCCC3)c1)=NO2. The van der Waals surface area contributed by atoms with Gasteiger partial charge in [-0.25, -0.2) is 0 Å². The lowest BCUT2D eigenvalue weighted by Crippen LogP contribution is -2.44. The fourth-order valence-corrected chi connectivity index (χ4v) is 4.36. The molecule has 0 amide bonds. The number of hydrogen-bond donors (Lipinski definition) is 0. The molecule has 1 aromatic rings. The third kappa shape index (κ3) is 3.54. The molecule has 2 heterocycles. The average molecular weight is 358 g/mol. The monoisotopic (exact) mass is 358 g/mol. The van der Waals surface area contributed by atoms with Crippen LogP contribution in [0.15, 0.2) is 23.4 Å². The van der Waals surface area contributed by atoms with E-state index in [2.05, 4.69) is 29.1 Å². The van der Waals surface area contributed by atoms with Crippen molar-refractivity contribution in [3.05, 3.63) is 23.8 Å². The van der Waals surface area contributed by atoms with E-state index < -0.39 is 0 Å². The molecule has 0 bridgehead atoms. The largest absolute Gasteiger partial charge is 0.493 e. The molecule has 142 valence electrons. The Bertz CT molecular complexity index is 659. The fraction of sp³-hybridized carbons (Fsp3) is 0.667. The number of piperidine rings is 1. The zero-order chi connectivity index (χ0) is 18.0. The van der Waals surface area contributed by atoms with Crippen molar-refractivity contribution in [1.29, 1.82) is 0 Å². The summed E-state index contributed by atoms with van der Waals surface area (Å²) in [6.45, 7) is 5.53. The van der Waals surface area contributed by atoms with E-state index in [0.29, 0.717) is 6.10 Å². The lowest BCUT2D eigenvalue weighted by atomic mass is 9.85. The summed E-state index contributed by atoms with van der Waals surface area (Å²) >= 11 is 0. The normalized spacial score (nSPS) is 23.1. The van der Waals surface area contributed by atoms with Crippen LogP contribution in [0.4, 0.5) is 0 Å². The van der Waals surface area contributed by atoms with Gasteiger partial charge in [0.2, 0.25) is 0 Å². The molecule has 2 fully saturated rings. The van der Waals surface area contributed by atoms with E-state index in [1.807, 2.05) is 6.07 Å². The van der Waals surface area contributed by atoms with E-state index in [1.54, 1.807) is 7.11 Å². The van der Waals surface area contributed by atoms with Crippen LogP contribution >= 0.6 is 0 Å². The van der Waals surface area contributed by atoms with Crippen LogP contribution in [-0.2, 0) is 4.84 Å². The minimum absolute atomic E-state index is 0.104. The Morgan fingerprint density at radius 3 is 2.65 bits per heavy atom. The minimum atomic E-state index is -0.104. The Morgan fingerprint density at radius 2 is 1.96 bits per heavy atom. The minimum Gasteiger partial charge on any atom is -0.493 e. The Morgan fingerprint density at radius 1 is 1.19 bits per heavy atom. The van der Waals surface area contributed by atoms with Crippen molar-refractivity contribution in [3.8, 4) is 11.5 Å². The highest BCUT2D eigenvalue weighted by atomic mass is 16.7. The molecule has 4 rings (SSSR count). The van der Waals surface area contributed by atoms with Gasteiger partial charge in [-0.1, -0.05) is 12.1 Å². The van der Waals surface area contributed by atoms with Crippen LogP contribution in [0.25, 0.3) is 0 Å². The topological polar surface area (TPSA) is 43.3 Å². The molecule has 1 aromatic carbocycles. The van der Waals surface area contributed by atoms with Crippen LogP contribution in [0.3, 0.4) is 0 Å². The second-order valence-electron chi connectivity index (χ2n) is 7.81. The highest BCUT2D eigenvalue weighted by Gasteiger charge is 2.42. The van der Waals surface area contributed by atoms with Gasteiger partial charge in [-0.15, -0.1) is 0 Å². The lowest BCUT2D eigenvalue weighted by Gasteiger charge is -2.36. The van der Waals surface area contributed by atoms with Gasteiger partial charge in [-0.3, -0.25) is 0 Å². The number of benzene rings is 1. The van der Waals surface area contributed by atoms with Gasteiger partial charge in [-0.2, -0.15) is 0 Å². The van der Waals surface area contributed by atoms with Crippen LogP contribution < -0.4 is 9.47 Å². The first-order valence-electron chi connectivity index (χ1n) is 10.0. The van der Waals surface area contributed by atoms with Gasteiger partial charge in [0.1, 0.15) is 5.60 Å². The summed E-state index contributed by atoms with van der Waals surface area (Å²) < 4.78 is 11.7. The molecule has 0 radical (unpaired) electrons. The number of likely N-dealkylation sites (tertiary alicyclic amines) is 1. The van der Waals surface area contributed by atoms with Gasteiger partial charge >= 0.3 is 0 Å². The van der Waals surface area contributed by atoms with Crippen molar-refractivity contribution in [2.24, 2.45) is 5.16 Å². The smallest absolute Gasteiger partial charge is 0.162 e. The molecule has 2 aliphatic heterocycles. The maximum Gasteiger partial charge on any atom is 0.162 e. The molecule has 0 atom stereocenters. The number of oxime groups is 1. The molecule has 1 saturated carbocycles. The summed E-state index contributed by atoms with van der Waals surface area (Å²) in [7, 11) is 1.70. The first-order valence-corrected chi connectivity index (χ1v) is 10.0. The number of ether oxygens (including phenoxy) is 2. The second kappa shape index (κ2) is 7.47. The Kier molecular flexibility index (Phi) is 5.07. The molecular formula is C21H30N2O3. The van der Waals surface area contributed by atoms with Gasteiger partial charge in [0.05, 0.1) is 18.9 Å². The summed E-state index contributed by atoms with van der Waals surface area (Å²) in [5, 5.41) is 4.46. The van der Waals surface area contributed by atoms with E-state index in [1.165, 1.54) is 12.8 Å². The molecule has 0 N–H and O–H groups in total. The second-order valence-corrected chi connectivity index (χ2v) is 7.81. The summed E-state index contributed by atoms with van der Waals surface area (Å²) in [5.41, 5.74) is 2.02. The van der Waals surface area contributed by atoms with Crippen LogP contribution in [-0.4, -0.2) is 49.1 Å². The van der Waals surface area contributed by atoms with E-state index in [0.717, 1.165) is 74.5 Å². The number of rotatable bonds is 5. The molecule has 1 saturated heterocycles. The highest BCUT2D eigenvalue weighted by molar-refractivity contribution is 6.02. The standard InChI is InChI=1S/C21H30N2O3/c1-3-23-12-10-21(11-13-23)15-18(22-26-21)16-8-9-19(24-2)20(14-16)25-17-6-4-5-7-17/h8-9,14,17H,3-7,10-13,15H2,1-2H3.